The Morgan fingerprint density at radius 1 is 1.06 bits per heavy atom. The lowest BCUT2D eigenvalue weighted by atomic mass is 9.86. The molecule has 2 unspecified atom stereocenters. The second-order valence-electron chi connectivity index (χ2n) is 11.8. The standard InChI is InChI=1S/C27H40F3N3O3/c1-18-17-32(26(5)9-11-31(12-10-26)24(34)36-25(2,3)4)13-14-33(18)22-16-23(35-6)21-15-19(27(28,29)30)7-8-20(21)22/h7-8,15,18,22-23H,9-14,16-17H2,1-6H3/t18?,22-,23?/m0/s1. The second kappa shape index (κ2) is 9.80. The van der Waals surface area contributed by atoms with Crippen molar-refractivity contribution < 1.29 is 27.4 Å². The number of ether oxygens (including phenoxy) is 2. The molecule has 1 aromatic carbocycles. The van der Waals surface area contributed by atoms with E-state index in [-0.39, 0.29) is 29.8 Å². The fourth-order valence-corrected chi connectivity index (χ4v) is 6.07. The first-order chi connectivity index (χ1) is 16.7. The number of methoxy groups -OCH3 is 1. The molecule has 0 aromatic heterocycles. The highest BCUT2D eigenvalue weighted by molar-refractivity contribution is 5.68. The number of hydrogen-bond donors (Lipinski definition) is 0. The Bertz CT molecular complexity index is 954. The van der Waals surface area contributed by atoms with Crippen LogP contribution in [0.1, 0.15) is 82.7 Å². The zero-order valence-electron chi connectivity index (χ0n) is 22.3. The van der Waals surface area contributed by atoms with E-state index >= 15 is 0 Å². The fraction of sp³-hybridized carbons (Fsp3) is 0.741. The van der Waals surface area contributed by atoms with Crippen molar-refractivity contribution in [1.29, 1.82) is 0 Å². The van der Waals surface area contributed by atoms with E-state index in [1.165, 1.54) is 12.1 Å². The van der Waals surface area contributed by atoms with Crippen LogP contribution in [0.4, 0.5) is 18.0 Å². The number of likely N-dealkylation sites (tertiary alicyclic amines) is 1. The predicted octanol–water partition coefficient (Wildman–Crippen LogP) is 5.63. The van der Waals surface area contributed by atoms with Crippen LogP contribution in [0.25, 0.3) is 0 Å². The summed E-state index contributed by atoms with van der Waals surface area (Å²) >= 11 is 0. The van der Waals surface area contributed by atoms with Crippen LogP contribution in [-0.4, -0.2) is 77.8 Å². The molecule has 2 aliphatic heterocycles. The van der Waals surface area contributed by atoms with Crippen molar-refractivity contribution in [2.75, 3.05) is 39.8 Å². The lowest BCUT2D eigenvalue weighted by Gasteiger charge is -2.52. The van der Waals surface area contributed by atoms with Gasteiger partial charge in [-0.25, -0.2) is 4.79 Å². The minimum Gasteiger partial charge on any atom is -0.444 e. The molecule has 1 aliphatic carbocycles. The van der Waals surface area contributed by atoms with Gasteiger partial charge in [-0.05, 0) is 77.1 Å². The maximum absolute atomic E-state index is 13.3. The molecule has 9 heteroatoms. The van der Waals surface area contributed by atoms with E-state index in [0.717, 1.165) is 38.0 Å². The van der Waals surface area contributed by atoms with Crippen LogP contribution < -0.4 is 0 Å². The molecule has 0 N–H and O–H groups in total. The molecule has 202 valence electrons. The Morgan fingerprint density at radius 2 is 1.72 bits per heavy atom. The maximum atomic E-state index is 13.3. The first-order valence-electron chi connectivity index (χ1n) is 12.9. The predicted molar refractivity (Wildman–Crippen MR) is 132 cm³/mol. The van der Waals surface area contributed by atoms with Crippen LogP contribution in [0.3, 0.4) is 0 Å². The number of halogens is 3. The molecule has 3 aliphatic rings. The topological polar surface area (TPSA) is 45.2 Å². The highest BCUT2D eigenvalue weighted by Gasteiger charge is 2.44. The van der Waals surface area contributed by atoms with Crippen molar-refractivity contribution >= 4 is 6.09 Å². The molecular formula is C27H40F3N3O3. The number of rotatable bonds is 3. The molecule has 1 aromatic rings. The maximum Gasteiger partial charge on any atom is 0.416 e. The van der Waals surface area contributed by atoms with Gasteiger partial charge in [0.25, 0.3) is 0 Å². The van der Waals surface area contributed by atoms with Crippen molar-refractivity contribution in [2.45, 2.75) is 89.4 Å². The van der Waals surface area contributed by atoms with Gasteiger partial charge in [-0.2, -0.15) is 13.2 Å². The number of amides is 1. The van der Waals surface area contributed by atoms with Crippen LogP contribution in [0.15, 0.2) is 18.2 Å². The van der Waals surface area contributed by atoms with Crippen molar-refractivity contribution in [1.82, 2.24) is 14.7 Å². The van der Waals surface area contributed by atoms with Crippen LogP contribution in [-0.2, 0) is 15.7 Å². The Balaban J connectivity index is 1.41. The van der Waals surface area contributed by atoms with Gasteiger partial charge < -0.3 is 14.4 Å². The number of alkyl halides is 3. The normalized spacial score (nSPS) is 27.7. The van der Waals surface area contributed by atoms with Gasteiger partial charge in [0.05, 0.1) is 11.7 Å². The average Bonchev–Trinajstić information content (AvgIpc) is 3.15. The highest BCUT2D eigenvalue weighted by Crippen LogP contribution is 2.47. The van der Waals surface area contributed by atoms with Crippen LogP contribution >= 0.6 is 0 Å². The van der Waals surface area contributed by atoms with Gasteiger partial charge in [-0.15, -0.1) is 0 Å². The van der Waals surface area contributed by atoms with Gasteiger partial charge in [0.15, 0.2) is 0 Å². The first kappa shape index (κ1) is 27.2. The second-order valence-corrected chi connectivity index (χ2v) is 11.8. The summed E-state index contributed by atoms with van der Waals surface area (Å²) in [5.74, 6) is 0. The van der Waals surface area contributed by atoms with Crippen LogP contribution in [0.5, 0.6) is 0 Å². The number of hydrogen-bond acceptors (Lipinski definition) is 5. The average molecular weight is 512 g/mol. The smallest absolute Gasteiger partial charge is 0.416 e. The largest absolute Gasteiger partial charge is 0.444 e. The molecule has 36 heavy (non-hydrogen) atoms. The first-order valence-corrected chi connectivity index (χ1v) is 12.9. The minimum absolute atomic E-state index is 0.00310. The number of benzene rings is 1. The third kappa shape index (κ3) is 5.53. The van der Waals surface area contributed by atoms with E-state index in [9.17, 15) is 18.0 Å². The Kier molecular flexibility index (Phi) is 7.40. The highest BCUT2D eigenvalue weighted by atomic mass is 19.4. The lowest BCUT2D eigenvalue weighted by Crippen LogP contribution is -2.62. The van der Waals surface area contributed by atoms with Crippen LogP contribution in [0, 0.1) is 0 Å². The van der Waals surface area contributed by atoms with E-state index in [4.69, 9.17) is 9.47 Å². The number of piperazine rings is 1. The van der Waals surface area contributed by atoms with Gasteiger partial charge in [-0.3, -0.25) is 9.80 Å². The molecular weight excluding hydrogens is 471 g/mol. The summed E-state index contributed by atoms with van der Waals surface area (Å²) in [6, 6.07) is 4.41. The molecule has 1 amide bonds. The monoisotopic (exact) mass is 511 g/mol. The molecule has 0 spiro atoms. The van der Waals surface area contributed by atoms with E-state index in [1.54, 1.807) is 13.2 Å². The fourth-order valence-electron chi connectivity index (χ4n) is 6.07. The number of carbonyl (C=O) groups excluding carboxylic acids is 1. The summed E-state index contributed by atoms with van der Waals surface area (Å²) in [4.78, 5) is 19.3. The molecule has 2 saturated heterocycles. The van der Waals surface area contributed by atoms with Crippen molar-refractivity contribution in [2.24, 2.45) is 0 Å². The van der Waals surface area contributed by atoms with E-state index in [1.807, 2.05) is 25.7 Å². The van der Waals surface area contributed by atoms with Gasteiger partial charge in [-0.1, -0.05) is 6.07 Å². The number of fused-ring (bicyclic) bond motifs is 1. The summed E-state index contributed by atoms with van der Waals surface area (Å²) in [5.41, 5.74) is 0.495. The van der Waals surface area contributed by atoms with Gasteiger partial charge in [0, 0.05) is 57.5 Å². The van der Waals surface area contributed by atoms with Gasteiger partial charge in [0.1, 0.15) is 5.60 Å². The number of piperidine rings is 1. The van der Waals surface area contributed by atoms with Crippen molar-refractivity contribution in [3.63, 3.8) is 0 Å². The molecule has 0 bridgehead atoms. The summed E-state index contributed by atoms with van der Waals surface area (Å²) in [6.45, 7) is 14.1. The molecule has 2 heterocycles. The van der Waals surface area contributed by atoms with E-state index in [0.29, 0.717) is 25.1 Å². The molecule has 2 fully saturated rings. The molecule has 4 rings (SSSR count). The minimum atomic E-state index is -4.36. The Morgan fingerprint density at radius 3 is 2.28 bits per heavy atom. The van der Waals surface area contributed by atoms with E-state index < -0.39 is 17.3 Å². The third-order valence-corrected chi connectivity index (χ3v) is 8.18. The molecule has 3 atom stereocenters. The van der Waals surface area contributed by atoms with E-state index in [2.05, 4.69) is 23.6 Å². The zero-order chi connectivity index (χ0) is 26.5. The lowest BCUT2D eigenvalue weighted by molar-refractivity contribution is -0.137. The summed E-state index contributed by atoms with van der Waals surface area (Å²) < 4.78 is 51.1. The summed E-state index contributed by atoms with van der Waals surface area (Å²) in [6.07, 6.45) is -2.50. The van der Waals surface area contributed by atoms with Gasteiger partial charge in [0.2, 0.25) is 0 Å². The summed E-state index contributed by atoms with van der Waals surface area (Å²) in [7, 11) is 1.57. The number of nitrogens with zero attached hydrogens (tertiary/aromatic N) is 3. The molecule has 0 radical (unpaired) electrons. The van der Waals surface area contributed by atoms with Crippen molar-refractivity contribution in [3.8, 4) is 0 Å². The Labute approximate surface area is 212 Å². The van der Waals surface area contributed by atoms with Crippen LogP contribution in [0.2, 0.25) is 0 Å². The summed E-state index contributed by atoms with van der Waals surface area (Å²) in [5, 5.41) is 0. The third-order valence-electron chi connectivity index (χ3n) is 8.18. The Hall–Kier alpha value is -1.84. The van der Waals surface area contributed by atoms with Crippen molar-refractivity contribution in [3.05, 3.63) is 34.9 Å². The SMILES string of the molecule is COC1C[C@H](N2CCN(C3(C)CCN(C(=O)OC(C)(C)C)CC3)CC2C)c2ccc(C(F)(F)F)cc21. The number of carbonyl (C=O) groups is 1. The zero-order valence-corrected chi connectivity index (χ0v) is 22.3. The quantitative estimate of drug-likeness (QED) is 0.526. The van der Waals surface area contributed by atoms with Gasteiger partial charge >= 0.3 is 12.3 Å². The molecule has 0 saturated carbocycles. The molecule has 6 nitrogen and oxygen atoms in total.